The van der Waals surface area contributed by atoms with Gasteiger partial charge >= 0.3 is 0 Å². The molecular formula is C14H17IN2. The van der Waals surface area contributed by atoms with Crippen LogP contribution in [-0.4, -0.2) is 17.5 Å². The Morgan fingerprint density at radius 3 is 2.47 bits per heavy atom. The summed E-state index contributed by atoms with van der Waals surface area (Å²) in [7, 11) is 0. The monoisotopic (exact) mass is 340 g/mol. The number of benzene rings is 1. The second-order valence-electron chi connectivity index (χ2n) is 4.63. The molecule has 1 aliphatic rings. The summed E-state index contributed by atoms with van der Waals surface area (Å²) in [5.74, 6) is 0. The summed E-state index contributed by atoms with van der Waals surface area (Å²) >= 11 is 2.32. The van der Waals surface area contributed by atoms with E-state index in [9.17, 15) is 0 Å². The largest absolute Gasteiger partial charge is 0.283 e. The minimum atomic E-state index is 0.552. The van der Waals surface area contributed by atoms with Gasteiger partial charge in [0.15, 0.2) is 0 Å². The van der Waals surface area contributed by atoms with Crippen molar-refractivity contribution in [1.29, 1.82) is 5.26 Å². The van der Waals surface area contributed by atoms with E-state index in [2.05, 4.69) is 57.8 Å². The number of nitriles is 1. The standard InChI is InChI=1S/C14H17IN2/c15-13-7-5-12(6-8-13)11-17(10-9-16)14-3-1-2-4-14/h5-8,14H,1-4,10-11H2. The van der Waals surface area contributed by atoms with Crippen LogP contribution in [0.2, 0.25) is 0 Å². The van der Waals surface area contributed by atoms with Crippen LogP contribution in [0, 0.1) is 14.9 Å². The molecule has 2 nitrogen and oxygen atoms in total. The van der Waals surface area contributed by atoms with Crippen molar-refractivity contribution in [3.63, 3.8) is 0 Å². The van der Waals surface area contributed by atoms with Crippen LogP contribution < -0.4 is 0 Å². The Balaban J connectivity index is 2.01. The van der Waals surface area contributed by atoms with Gasteiger partial charge in [-0.05, 0) is 53.1 Å². The quantitative estimate of drug-likeness (QED) is 0.619. The molecule has 0 saturated heterocycles. The van der Waals surface area contributed by atoms with E-state index in [0.717, 1.165) is 6.54 Å². The molecule has 1 fully saturated rings. The molecule has 1 saturated carbocycles. The predicted molar refractivity (Wildman–Crippen MR) is 77.4 cm³/mol. The minimum Gasteiger partial charge on any atom is -0.283 e. The van der Waals surface area contributed by atoms with E-state index >= 15 is 0 Å². The van der Waals surface area contributed by atoms with Gasteiger partial charge in [-0.3, -0.25) is 4.90 Å². The molecule has 0 radical (unpaired) electrons. The maximum Gasteiger partial charge on any atom is 0.0871 e. The Bertz CT molecular complexity index is 388. The van der Waals surface area contributed by atoms with Crippen LogP contribution in [0.4, 0.5) is 0 Å². The first kappa shape index (κ1) is 12.8. The van der Waals surface area contributed by atoms with Crippen molar-refractivity contribution in [2.45, 2.75) is 38.3 Å². The summed E-state index contributed by atoms with van der Waals surface area (Å²) in [6, 6.07) is 11.5. The summed E-state index contributed by atoms with van der Waals surface area (Å²) in [6.45, 7) is 1.46. The lowest BCUT2D eigenvalue weighted by atomic mass is 10.1. The molecule has 1 aromatic rings. The van der Waals surface area contributed by atoms with Gasteiger partial charge in [0.1, 0.15) is 0 Å². The molecule has 17 heavy (non-hydrogen) atoms. The van der Waals surface area contributed by atoms with Crippen molar-refractivity contribution in [2.24, 2.45) is 0 Å². The van der Waals surface area contributed by atoms with Crippen LogP contribution in [0.25, 0.3) is 0 Å². The normalized spacial score (nSPS) is 16.3. The van der Waals surface area contributed by atoms with E-state index in [4.69, 9.17) is 5.26 Å². The molecule has 0 unspecified atom stereocenters. The molecule has 1 aliphatic carbocycles. The van der Waals surface area contributed by atoms with E-state index in [0.29, 0.717) is 12.6 Å². The Labute approximate surface area is 117 Å². The lowest BCUT2D eigenvalue weighted by molar-refractivity contribution is 0.214. The van der Waals surface area contributed by atoms with E-state index in [-0.39, 0.29) is 0 Å². The van der Waals surface area contributed by atoms with Gasteiger partial charge in [-0.2, -0.15) is 5.26 Å². The van der Waals surface area contributed by atoms with Gasteiger partial charge in [0, 0.05) is 16.2 Å². The lowest BCUT2D eigenvalue weighted by Crippen LogP contribution is -2.33. The summed E-state index contributed by atoms with van der Waals surface area (Å²) in [5, 5.41) is 8.93. The van der Waals surface area contributed by atoms with E-state index < -0.39 is 0 Å². The summed E-state index contributed by atoms with van der Waals surface area (Å²) in [5.41, 5.74) is 1.31. The third kappa shape index (κ3) is 3.68. The average Bonchev–Trinajstić information content (AvgIpc) is 2.85. The van der Waals surface area contributed by atoms with Gasteiger partial charge in [0.25, 0.3) is 0 Å². The first-order valence-corrected chi connectivity index (χ1v) is 7.23. The van der Waals surface area contributed by atoms with Crippen LogP contribution in [-0.2, 0) is 6.54 Å². The highest BCUT2D eigenvalue weighted by Gasteiger charge is 2.22. The second-order valence-corrected chi connectivity index (χ2v) is 5.87. The van der Waals surface area contributed by atoms with E-state index in [1.54, 1.807) is 0 Å². The second kappa shape index (κ2) is 6.36. The molecule has 0 amide bonds. The number of hydrogen-bond acceptors (Lipinski definition) is 2. The molecule has 90 valence electrons. The zero-order chi connectivity index (χ0) is 12.1. The molecule has 0 aliphatic heterocycles. The van der Waals surface area contributed by atoms with Gasteiger partial charge in [-0.15, -0.1) is 0 Å². The molecule has 0 atom stereocenters. The van der Waals surface area contributed by atoms with E-state index in [1.807, 2.05) is 0 Å². The molecule has 1 aromatic carbocycles. The zero-order valence-corrected chi connectivity index (χ0v) is 12.1. The molecule has 2 rings (SSSR count). The maximum absolute atomic E-state index is 8.93. The molecular weight excluding hydrogens is 323 g/mol. The Kier molecular flexibility index (Phi) is 4.81. The van der Waals surface area contributed by atoms with Gasteiger partial charge in [0.2, 0.25) is 0 Å². The van der Waals surface area contributed by atoms with Gasteiger partial charge in [-0.25, -0.2) is 0 Å². The van der Waals surface area contributed by atoms with Crippen molar-refractivity contribution < 1.29 is 0 Å². The average molecular weight is 340 g/mol. The third-order valence-corrected chi connectivity index (χ3v) is 4.13. The topological polar surface area (TPSA) is 27.0 Å². The summed E-state index contributed by atoms with van der Waals surface area (Å²) in [4.78, 5) is 2.33. The molecule has 0 spiro atoms. The Morgan fingerprint density at radius 1 is 1.24 bits per heavy atom. The lowest BCUT2D eigenvalue weighted by Gasteiger charge is -2.26. The van der Waals surface area contributed by atoms with Crippen LogP contribution in [0.1, 0.15) is 31.2 Å². The molecule has 0 heterocycles. The predicted octanol–water partition coefficient (Wildman–Crippen LogP) is 3.56. The van der Waals surface area contributed by atoms with Crippen molar-refractivity contribution in [3.8, 4) is 6.07 Å². The van der Waals surface area contributed by atoms with Gasteiger partial charge in [-0.1, -0.05) is 25.0 Å². The van der Waals surface area contributed by atoms with Crippen molar-refractivity contribution in [1.82, 2.24) is 4.90 Å². The Hall–Kier alpha value is -0.600. The fourth-order valence-electron chi connectivity index (χ4n) is 2.50. The first-order valence-electron chi connectivity index (χ1n) is 6.15. The summed E-state index contributed by atoms with van der Waals surface area (Å²) < 4.78 is 1.26. The maximum atomic E-state index is 8.93. The van der Waals surface area contributed by atoms with E-state index in [1.165, 1.54) is 34.8 Å². The highest BCUT2D eigenvalue weighted by molar-refractivity contribution is 14.1. The van der Waals surface area contributed by atoms with Gasteiger partial charge < -0.3 is 0 Å². The number of hydrogen-bond donors (Lipinski definition) is 0. The number of rotatable bonds is 4. The van der Waals surface area contributed by atoms with Crippen LogP contribution in [0.5, 0.6) is 0 Å². The number of halogens is 1. The fourth-order valence-corrected chi connectivity index (χ4v) is 2.86. The molecule has 0 bridgehead atoms. The smallest absolute Gasteiger partial charge is 0.0871 e. The van der Waals surface area contributed by atoms with Crippen LogP contribution >= 0.6 is 22.6 Å². The highest BCUT2D eigenvalue weighted by Crippen LogP contribution is 2.24. The SMILES string of the molecule is N#CCN(Cc1ccc(I)cc1)C1CCCC1. The minimum absolute atomic E-state index is 0.552. The van der Waals surface area contributed by atoms with Crippen LogP contribution in [0.15, 0.2) is 24.3 Å². The molecule has 0 aromatic heterocycles. The summed E-state index contributed by atoms with van der Waals surface area (Å²) in [6.07, 6.45) is 5.15. The molecule has 0 N–H and O–H groups in total. The third-order valence-electron chi connectivity index (χ3n) is 3.41. The van der Waals surface area contributed by atoms with Crippen molar-refractivity contribution >= 4 is 22.6 Å². The van der Waals surface area contributed by atoms with Crippen molar-refractivity contribution in [2.75, 3.05) is 6.54 Å². The molecule has 3 heteroatoms. The number of nitrogens with zero attached hydrogens (tertiary/aromatic N) is 2. The van der Waals surface area contributed by atoms with Crippen molar-refractivity contribution in [3.05, 3.63) is 33.4 Å². The fraction of sp³-hybridized carbons (Fsp3) is 0.500. The first-order chi connectivity index (χ1) is 8.29. The Morgan fingerprint density at radius 2 is 1.88 bits per heavy atom. The van der Waals surface area contributed by atoms with Gasteiger partial charge in [0.05, 0.1) is 12.6 Å². The highest BCUT2D eigenvalue weighted by atomic mass is 127. The van der Waals surface area contributed by atoms with Crippen LogP contribution in [0.3, 0.4) is 0 Å². The zero-order valence-electron chi connectivity index (χ0n) is 9.90.